The maximum atomic E-state index is 12.3. The summed E-state index contributed by atoms with van der Waals surface area (Å²) in [5.74, 6) is 0.838. The number of benzene rings is 1. The van der Waals surface area contributed by atoms with E-state index in [0.29, 0.717) is 25.3 Å². The molecule has 1 atom stereocenters. The van der Waals surface area contributed by atoms with Gasteiger partial charge in [0.15, 0.2) is 6.61 Å². The molecule has 1 N–H and O–H groups in total. The Morgan fingerprint density at radius 1 is 1.21 bits per heavy atom. The first kappa shape index (κ1) is 18.1. The van der Waals surface area contributed by atoms with Crippen molar-refractivity contribution in [3.63, 3.8) is 0 Å². The van der Waals surface area contributed by atoms with Crippen molar-refractivity contribution < 1.29 is 24.2 Å². The molecule has 1 aliphatic rings. The summed E-state index contributed by atoms with van der Waals surface area (Å²) >= 11 is 0. The fourth-order valence-corrected chi connectivity index (χ4v) is 2.89. The first-order valence-corrected chi connectivity index (χ1v) is 8.43. The number of carbonyl (C=O) groups excluding carboxylic acids is 1. The molecule has 0 aromatic heterocycles. The van der Waals surface area contributed by atoms with Crippen molar-refractivity contribution >= 4 is 11.9 Å². The van der Waals surface area contributed by atoms with Crippen molar-refractivity contribution in [1.29, 1.82) is 0 Å². The van der Waals surface area contributed by atoms with Crippen LogP contribution in [0, 0.1) is 5.92 Å². The Bertz CT molecular complexity index is 543. The van der Waals surface area contributed by atoms with Gasteiger partial charge in [-0.25, -0.2) is 0 Å². The first-order chi connectivity index (χ1) is 11.6. The van der Waals surface area contributed by atoms with Crippen LogP contribution in [0.2, 0.25) is 0 Å². The molecule has 1 heterocycles. The van der Waals surface area contributed by atoms with Crippen LogP contribution < -0.4 is 9.47 Å². The summed E-state index contributed by atoms with van der Waals surface area (Å²) in [5.41, 5.74) is 0. The van der Waals surface area contributed by atoms with Crippen LogP contribution in [0.15, 0.2) is 24.3 Å². The number of amides is 1. The predicted molar refractivity (Wildman–Crippen MR) is 89.3 cm³/mol. The van der Waals surface area contributed by atoms with Crippen molar-refractivity contribution in [2.24, 2.45) is 5.92 Å². The number of aliphatic carboxylic acids is 1. The van der Waals surface area contributed by atoms with Crippen molar-refractivity contribution in [3.8, 4) is 11.5 Å². The van der Waals surface area contributed by atoms with Crippen LogP contribution in [-0.4, -0.2) is 48.2 Å². The Morgan fingerprint density at radius 2 is 1.88 bits per heavy atom. The molecular weight excluding hydrogens is 310 g/mol. The van der Waals surface area contributed by atoms with Gasteiger partial charge in [0.2, 0.25) is 0 Å². The number of rotatable bonds is 8. The van der Waals surface area contributed by atoms with Crippen LogP contribution in [0.5, 0.6) is 11.5 Å². The van der Waals surface area contributed by atoms with E-state index in [9.17, 15) is 9.59 Å². The number of piperidine rings is 1. The molecule has 1 aromatic carbocycles. The van der Waals surface area contributed by atoms with Crippen LogP contribution in [0.25, 0.3) is 0 Å². The third kappa shape index (κ3) is 5.76. The normalized spacial score (nSPS) is 17.4. The molecule has 2 rings (SSSR count). The number of likely N-dealkylation sites (tertiary alicyclic amines) is 1. The minimum absolute atomic E-state index is 0.000365. The lowest BCUT2D eigenvalue weighted by Crippen LogP contribution is -2.42. The van der Waals surface area contributed by atoms with Gasteiger partial charge in [0.25, 0.3) is 5.91 Å². The second-order valence-electron chi connectivity index (χ2n) is 5.97. The summed E-state index contributed by atoms with van der Waals surface area (Å²) < 4.78 is 10.9. The maximum Gasteiger partial charge on any atom is 0.303 e. The molecule has 0 aliphatic carbocycles. The van der Waals surface area contributed by atoms with Gasteiger partial charge in [-0.15, -0.1) is 0 Å². The average molecular weight is 335 g/mol. The quantitative estimate of drug-likeness (QED) is 0.790. The summed E-state index contributed by atoms with van der Waals surface area (Å²) in [6.45, 7) is 3.87. The number of carboxylic acid groups (broad SMARTS) is 1. The molecule has 0 bridgehead atoms. The third-order valence-corrected chi connectivity index (χ3v) is 4.14. The molecule has 1 saturated heterocycles. The van der Waals surface area contributed by atoms with Crippen molar-refractivity contribution in [2.75, 3.05) is 26.3 Å². The zero-order valence-corrected chi connectivity index (χ0v) is 14.1. The van der Waals surface area contributed by atoms with Crippen LogP contribution >= 0.6 is 0 Å². The van der Waals surface area contributed by atoms with Crippen LogP contribution in [0.3, 0.4) is 0 Å². The molecular formula is C18H25NO5. The predicted octanol–water partition coefficient (Wildman–Crippen LogP) is 2.57. The number of ether oxygens (including phenoxy) is 2. The van der Waals surface area contributed by atoms with Gasteiger partial charge in [0.1, 0.15) is 11.5 Å². The Labute approximate surface area is 142 Å². The summed E-state index contributed by atoms with van der Waals surface area (Å²) in [5, 5.41) is 8.77. The molecule has 1 fully saturated rings. The fourth-order valence-electron chi connectivity index (χ4n) is 2.89. The van der Waals surface area contributed by atoms with Gasteiger partial charge < -0.3 is 19.5 Å². The molecule has 0 spiro atoms. The second kappa shape index (κ2) is 9.15. The van der Waals surface area contributed by atoms with Gasteiger partial charge in [-0.05, 0) is 56.4 Å². The van der Waals surface area contributed by atoms with Gasteiger partial charge in [-0.3, -0.25) is 9.59 Å². The van der Waals surface area contributed by atoms with E-state index in [2.05, 4.69) is 0 Å². The Kier molecular flexibility index (Phi) is 6.90. The third-order valence-electron chi connectivity index (χ3n) is 4.14. The molecule has 6 heteroatoms. The Hall–Kier alpha value is -2.24. The second-order valence-corrected chi connectivity index (χ2v) is 5.97. The van der Waals surface area contributed by atoms with E-state index in [1.165, 1.54) is 0 Å². The van der Waals surface area contributed by atoms with Crippen molar-refractivity contribution in [2.45, 2.75) is 32.6 Å². The molecule has 1 aromatic rings. The first-order valence-electron chi connectivity index (χ1n) is 8.43. The number of hydrogen-bond acceptors (Lipinski definition) is 4. The number of carboxylic acids is 1. The highest BCUT2D eigenvalue weighted by atomic mass is 16.5. The van der Waals surface area contributed by atoms with Gasteiger partial charge in [-0.1, -0.05) is 0 Å². The number of hydrogen-bond donors (Lipinski definition) is 1. The van der Waals surface area contributed by atoms with E-state index >= 15 is 0 Å². The zero-order chi connectivity index (χ0) is 17.4. The van der Waals surface area contributed by atoms with Crippen LogP contribution in [0.4, 0.5) is 0 Å². The molecule has 0 saturated carbocycles. The molecule has 6 nitrogen and oxygen atoms in total. The van der Waals surface area contributed by atoms with Gasteiger partial charge in [-0.2, -0.15) is 0 Å². The summed E-state index contributed by atoms with van der Waals surface area (Å²) in [4.78, 5) is 24.7. The van der Waals surface area contributed by atoms with E-state index < -0.39 is 5.97 Å². The summed E-state index contributed by atoms with van der Waals surface area (Å²) in [6, 6.07) is 7.19. The SMILES string of the molecule is CCOc1ccc(OCC(=O)N2CCCC(CCC(=O)O)C2)cc1. The standard InChI is InChI=1S/C18H25NO5/c1-2-23-15-6-8-16(9-7-15)24-13-17(20)19-11-3-4-14(12-19)5-10-18(21)22/h6-9,14H,2-5,10-13H2,1H3,(H,21,22). The minimum atomic E-state index is -0.780. The topological polar surface area (TPSA) is 76.1 Å². The average Bonchev–Trinajstić information content (AvgIpc) is 2.59. The lowest BCUT2D eigenvalue weighted by atomic mass is 9.93. The highest BCUT2D eigenvalue weighted by molar-refractivity contribution is 5.77. The smallest absolute Gasteiger partial charge is 0.303 e. The highest BCUT2D eigenvalue weighted by Crippen LogP contribution is 2.22. The highest BCUT2D eigenvalue weighted by Gasteiger charge is 2.24. The maximum absolute atomic E-state index is 12.3. The monoisotopic (exact) mass is 335 g/mol. The lowest BCUT2D eigenvalue weighted by molar-refractivity contribution is -0.137. The molecule has 1 unspecified atom stereocenters. The largest absolute Gasteiger partial charge is 0.494 e. The number of nitrogens with zero attached hydrogens (tertiary/aromatic N) is 1. The van der Waals surface area contributed by atoms with Crippen molar-refractivity contribution in [3.05, 3.63) is 24.3 Å². The zero-order valence-electron chi connectivity index (χ0n) is 14.1. The summed E-state index contributed by atoms with van der Waals surface area (Å²) in [7, 11) is 0. The summed E-state index contributed by atoms with van der Waals surface area (Å²) in [6.07, 6.45) is 2.68. The lowest BCUT2D eigenvalue weighted by Gasteiger charge is -2.32. The molecule has 132 valence electrons. The van der Waals surface area contributed by atoms with E-state index in [4.69, 9.17) is 14.6 Å². The van der Waals surface area contributed by atoms with Crippen molar-refractivity contribution in [1.82, 2.24) is 4.90 Å². The van der Waals surface area contributed by atoms with E-state index in [1.54, 1.807) is 17.0 Å². The number of carbonyl (C=O) groups is 2. The van der Waals surface area contributed by atoms with Gasteiger partial charge in [0, 0.05) is 19.5 Å². The Balaban J connectivity index is 1.77. The molecule has 1 amide bonds. The fraction of sp³-hybridized carbons (Fsp3) is 0.556. The van der Waals surface area contributed by atoms with Crippen LogP contribution in [0.1, 0.15) is 32.6 Å². The van der Waals surface area contributed by atoms with Gasteiger partial charge in [0.05, 0.1) is 6.61 Å². The van der Waals surface area contributed by atoms with E-state index in [1.807, 2.05) is 19.1 Å². The van der Waals surface area contributed by atoms with Gasteiger partial charge >= 0.3 is 5.97 Å². The molecule has 1 aliphatic heterocycles. The molecule has 24 heavy (non-hydrogen) atoms. The Morgan fingerprint density at radius 3 is 2.50 bits per heavy atom. The van der Waals surface area contributed by atoms with Crippen LogP contribution in [-0.2, 0) is 9.59 Å². The van der Waals surface area contributed by atoms with E-state index in [0.717, 1.165) is 25.1 Å². The molecule has 0 radical (unpaired) electrons. The minimum Gasteiger partial charge on any atom is -0.494 e. The van der Waals surface area contributed by atoms with E-state index in [-0.39, 0.29) is 24.9 Å².